The molecular formula is C11H14N2O2. The average Bonchev–Trinajstić information content (AvgIpc) is 2.28. The van der Waals surface area contributed by atoms with Crippen LogP contribution in [0.25, 0.3) is 0 Å². The smallest absolute Gasteiger partial charge is 0.338 e. The van der Waals surface area contributed by atoms with Gasteiger partial charge in [0.15, 0.2) is 0 Å². The molecule has 80 valence electrons. The topological polar surface area (TPSA) is 62.2 Å². The fourth-order valence-electron chi connectivity index (χ4n) is 1.13. The minimum Gasteiger partial charge on any atom is -0.462 e. The molecule has 1 aromatic carbocycles. The normalized spacial score (nSPS) is 9.47. The fourth-order valence-corrected chi connectivity index (χ4v) is 1.13. The van der Waals surface area contributed by atoms with Gasteiger partial charge in [-0.2, -0.15) is 0 Å². The highest BCUT2D eigenvalue weighted by atomic mass is 16.5. The van der Waals surface area contributed by atoms with Crippen molar-refractivity contribution in [2.24, 2.45) is 0 Å². The number of amidine groups is 1. The van der Waals surface area contributed by atoms with Gasteiger partial charge in [-0.3, -0.25) is 5.41 Å². The number of hydrogen-bond donors (Lipinski definition) is 2. The van der Waals surface area contributed by atoms with E-state index in [1.807, 2.05) is 0 Å². The van der Waals surface area contributed by atoms with Crippen molar-refractivity contribution in [3.05, 3.63) is 35.4 Å². The number of esters is 1. The van der Waals surface area contributed by atoms with Gasteiger partial charge in [0, 0.05) is 12.6 Å². The molecule has 0 amide bonds. The molecule has 0 aliphatic heterocycles. The zero-order valence-corrected chi connectivity index (χ0v) is 8.83. The molecule has 0 atom stereocenters. The number of carbonyl (C=O) groups is 1. The molecular weight excluding hydrogens is 192 g/mol. The van der Waals surface area contributed by atoms with Gasteiger partial charge in [0.1, 0.15) is 5.84 Å². The Balaban J connectivity index is 2.80. The van der Waals surface area contributed by atoms with Crippen LogP contribution < -0.4 is 5.32 Å². The first-order valence-electron chi connectivity index (χ1n) is 4.73. The third kappa shape index (κ3) is 2.80. The average molecular weight is 206 g/mol. The second-order valence-electron chi connectivity index (χ2n) is 2.92. The van der Waals surface area contributed by atoms with Crippen LogP contribution >= 0.6 is 0 Å². The monoisotopic (exact) mass is 206 g/mol. The third-order valence-electron chi connectivity index (χ3n) is 1.93. The molecule has 1 rings (SSSR count). The van der Waals surface area contributed by atoms with Gasteiger partial charge in [-0.25, -0.2) is 4.79 Å². The van der Waals surface area contributed by atoms with Gasteiger partial charge in [-0.1, -0.05) is 12.1 Å². The molecule has 0 fully saturated rings. The second kappa shape index (κ2) is 5.14. The summed E-state index contributed by atoms with van der Waals surface area (Å²) in [7, 11) is 1.68. The number of nitrogens with one attached hydrogen (secondary N) is 2. The minimum atomic E-state index is -0.333. The van der Waals surface area contributed by atoms with Crippen LogP contribution in [0.4, 0.5) is 0 Å². The molecule has 0 saturated carbocycles. The van der Waals surface area contributed by atoms with E-state index in [1.165, 1.54) is 0 Å². The first-order chi connectivity index (χ1) is 7.19. The van der Waals surface area contributed by atoms with Gasteiger partial charge in [-0.05, 0) is 19.1 Å². The van der Waals surface area contributed by atoms with Gasteiger partial charge in [0.25, 0.3) is 0 Å². The summed E-state index contributed by atoms with van der Waals surface area (Å²) < 4.78 is 4.85. The molecule has 0 unspecified atom stereocenters. The zero-order valence-electron chi connectivity index (χ0n) is 8.83. The fraction of sp³-hybridized carbons (Fsp3) is 0.273. The van der Waals surface area contributed by atoms with Crippen LogP contribution in [0.1, 0.15) is 22.8 Å². The molecule has 4 nitrogen and oxygen atoms in total. The van der Waals surface area contributed by atoms with Gasteiger partial charge in [-0.15, -0.1) is 0 Å². The van der Waals surface area contributed by atoms with Crippen LogP contribution in [-0.4, -0.2) is 25.5 Å². The van der Waals surface area contributed by atoms with E-state index in [4.69, 9.17) is 10.1 Å². The number of ether oxygens (including phenoxy) is 1. The highest BCUT2D eigenvalue weighted by molar-refractivity contribution is 5.97. The quantitative estimate of drug-likeness (QED) is 0.446. The van der Waals surface area contributed by atoms with E-state index in [0.29, 0.717) is 18.0 Å². The van der Waals surface area contributed by atoms with Crippen molar-refractivity contribution in [3.8, 4) is 0 Å². The minimum absolute atomic E-state index is 0.324. The Morgan fingerprint density at radius 3 is 2.33 bits per heavy atom. The van der Waals surface area contributed by atoms with E-state index >= 15 is 0 Å². The summed E-state index contributed by atoms with van der Waals surface area (Å²) in [5.74, 6) is -0.00885. The molecule has 4 heteroatoms. The van der Waals surface area contributed by atoms with Crippen LogP contribution in [0.15, 0.2) is 24.3 Å². The molecule has 0 spiro atoms. The summed E-state index contributed by atoms with van der Waals surface area (Å²) in [5, 5.41) is 10.2. The predicted octanol–water partition coefficient (Wildman–Crippen LogP) is 1.41. The maximum atomic E-state index is 11.3. The van der Waals surface area contributed by atoms with Crippen molar-refractivity contribution in [2.45, 2.75) is 6.92 Å². The van der Waals surface area contributed by atoms with Gasteiger partial charge < -0.3 is 10.1 Å². The van der Waals surface area contributed by atoms with E-state index < -0.39 is 0 Å². The van der Waals surface area contributed by atoms with Crippen molar-refractivity contribution in [3.63, 3.8) is 0 Å². The SMILES string of the molecule is CCOC(=O)c1ccc(C(=N)NC)cc1. The summed E-state index contributed by atoms with van der Waals surface area (Å²) in [4.78, 5) is 11.3. The Morgan fingerprint density at radius 2 is 1.87 bits per heavy atom. The van der Waals surface area contributed by atoms with E-state index in [0.717, 1.165) is 5.56 Å². The van der Waals surface area contributed by atoms with Crippen LogP contribution in [0.3, 0.4) is 0 Å². The highest BCUT2D eigenvalue weighted by Crippen LogP contribution is 2.05. The molecule has 15 heavy (non-hydrogen) atoms. The predicted molar refractivity (Wildman–Crippen MR) is 58.3 cm³/mol. The molecule has 0 radical (unpaired) electrons. The number of hydrogen-bond acceptors (Lipinski definition) is 3. The Bertz CT molecular complexity index is 357. The first kappa shape index (κ1) is 11.2. The van der Waals surface area contributed by atoms with E-state index in [2.05, 4.69) is 5.32 Å². The molecule has 0 heterocycles. The maximum absolute atomic E-state index is 11.3. The van der Waals surface area contributed by atoms with Crippen LogP contribution in [0.2, 0.25) is 0 Å². The molecule has 0 aromatic heterocycles. The van der Waals surface area contributed by atoms with E-state index in [-0.39, 0.29) is 5.97 Å². The number of benzene rings is 1. The van der Waals surface area contributed by atoms with Crippen LogP contribution in [-0.2, 0) is 4.74 Å². The van der Waals surface area contributed by atoms with Crippen LogP contribution in [0, 0.1) is 5.41 Å². The molecule has 0 bridgehead atoms. The van der Waals surface area contributed by atoms with E-state index in [9.17, 15) is 4.79 Å². The van der Waals surface area contributed by atoms with E-state index in [1.54, 1.807) is 38.2 Å². The third-order valence-corrected chi connectivity index (χ3v) is 1.93. The van der Waals surface area contributed by atoms with Gasteiger partial charge in [0.2, 0.25) is 0 Å². The van der Waals surface area contributed by atoms with Crippen molar-refractivity contribution >= 4 is 11.8 Å². The summed E-state index contributed by atoms with van der Waals surface area (Å²) in [6, 6.07) is 6.73. The summed E-state index contributed by atoms with van der Waals surface area (Å²) >= 11 is 0. The molecule has 0 saturated heterocycles. The van der Waals surface area contributed by atoms with Crippen molar-refractivity contribution in [1.82, 2.24) is 5.32 Å². The molecule has 0 aliphatic carbocycles. The molecule has 1 aromatic rings. The highest BCUT2D eigenvalue weighted by Gasteiger charge is 2.06. The van der Waals surface area contributed by atoms with Crippen molar-refractivity contribution < 1.29 is 9.53 Å². The zero-order chi connectivity index (χ0) is 11.3. The summed E-state index contributed by atoms with van der Waals surface area (Å²) in [6.45, 7) is 2.13. The lowest BCUT2D eigenvalue weighted by molar-refractivity contribution is 0.0526. The Labute approximate surface area is 88.8 Å². The van der Waals surface area contributed by atoms with Crippen LogP contribution in [0.5, 0.6) is 0 Å². The molecule has 2 N–H and O–H groups in total. The number of rotatable bonds is 3. The van der Waals surface area contributed by atoms with Crippen molar-refractivity contribution in [1.29, 1.82) is 5.41 Å². The standard InChI is InChI=1S/C11H14N2O2/c1-3-15-11(14)9-6-4-8(5-7-9)10(12)13-2/h4-7H,3H2,1-2H3,(H2,12,13). The summed E-state index contributed by atoms with van der Waals surface area (Å²) in [5.41, 5.74) is 1.25. The number of carbonyl (C=O) groups excluding carboxylic acids is 1. The van der Waals surface area contributed by atoms with Gasteiger partial charge in [0.05, 0.1) is 12.2 Å². The Kier molecular flexibility index (Phi) is 3.85. The molecule has 0 aliphatic rings. The van der Waals surface area contributed by atoms with Gasteiger partial charge >= 0.3 is 5.97 Å². The summed E-state index contributed by atoms with van der Waals surface area (Å²) in [6.07, 6.45) is 0. The maximum Gasteiger partial charge on any atom is 0.338 e. The largest absolute Gasteiger partial charge is 0.462 e. The lowest BCUT2D eigenvalue weighted by Gasteiger charge is -2.04. The lowest BCUT2D eigenvalue weighted by Crippen LogP contribution is -2.17. The first-order valence-corrected chi connectivity index (χ1v) is 4.73. The lowest BCUT2D eigenvalue weighted by atomic mass is 10.1. The van der Waals surface area contributed by atoms with Crippen molar-refractivity contribution in [2.75, 3.05) is 13.7 Å². The second-order valence-corrected chi connectivity index (χ2v) is 2.92. The Morgan fingerprint density at radius 1 is 1.33 bits per heavy atom. The Hall–Kier alpha value is -1.84.